The van der Waals surface area contributed by atoms with Crippen LogP contribution in [0, 0.1) is 0 Å². The van der Waals surface area contributed by atoms with E-state index < -0.39 is 0 Å². The summed E-state index contributed by atoms with van der Waals surface area (Å²) in [5.74, 6) is 0.446. The smallest absolute Gasteiger partial charge is 0.277 e. The SMILES string of the molecule is C[C@@H](Sc1nnc(-c2cccc(Cl)c2)o1)C(=O)N1CCOCC1. The van der Waals surface area contributed by atoms with Gasteiger partial charge in [0.2, 0.25) is 11.8 Å². The number of hydrogen-bond acceptors (Lipinski definition) is 6. The summed E-state index contributed by atoms with van der Waals surface area (Å²) in [5.41, 5.74) is 0.754. The van der Waals surface area contributed by atoms with Gasteiger partial charge >= 0.3 is 0 Å². The number of thioether (sulfide) groups is 1. The van der Waals surface area contributed by atoms with Crippen molar-refractivity contribution in [1.29, 1.82) is 0 Å². The number of benzene rings is 1. The summed E-state index contributed by atoms with van der Waals surface area (Å²) in [6.07, 6.45) is 0. The van der Waals surface area contributed by atoms with E-state index in [4.69, 9.17) is 20.8 Å². The number of carbonyl (C=O) groups excluding carboxylic acids is 1. The molecule has 0 N–H and O–H groups in total. The fraction of sp³-hybridized carbons (Fsp3) is 0.400. The minimum Gasteiger partial charge on any atom is -0.411 e. The maximum absolute atomic E-state index is 12.4. The Hall–Kier alpha value is -1.57. The van der Waals surface area contributed by atoms with Gasteiger partial charge in [0.1, 0.15) is 0 Å². The summed E-state index contributed by atoms with van der Waals surface area (Å²) < 4.78 is 10.9. The molecule has 1 amide bonds. The number of aromatic nitrogens is 2. The zero-order valence-electron chi connectivity index (χ0n) is 12.6. The van der Waals surface area contributed by atoms with Crippen LogP contribution in [0.3, 0.4) is 0 Å². The number of nitrogens with zero attached hydrogens (tertiary/aromatic N) is 3. The van der Waals surface area contributed by atoms with Crippen LogP contribution in [0.2, 0.25) is 5.02 Å². The fourth-order valence-corrected chi connectivity index (χ4v) is 3.20. The molecule has 2 heterocycles. The molecule has 1 atom stereocenters. The largest absolute Gasteiger partial charge is 0.411 e. The van der Waals surface area contributed by atoms with E-state index in [0.717, 1.165) is 5.56 Å². The predicted molar refractivity (Wildman–Crippen MR) is 87.5 cm³/mol. The number of morpholine rings is 1. The van der Waals surface area contributed by atoms with Crippen LogP contribution in [0.4, 0.5) is 0 Å². The van der Waals surface area contributed by atoms with Crippen LogP contribution in [-0.4, -0.2) is 52.6 Å². The van der Waals surface area contributed by atoms with Gasteiger partial charge in [0, 0.05) is 23.7 Å². The Bertz CT molecular complexity index is 688. The van der Waals surface area contributed by atoms with E-state index in [0.29, 0.717) is 42.4 Å². The molecule has 8 heteroatoms. The summed E-state index contributed by atoms with van der Waals surface area (Å²) in [5, 5.41) is 8.69. The monoisotopic (exact) mass is 353 g/mol. The van der Waals surface area contributed by atoms with Gasteiger partial charge in [0.15, 0.2) is 0 Å². The van der Waals surface area contributed by atoms with Gasteiger partial charge in [-0.05, 0) is 25.1 Å². The highest BCUT2D eigenvalue weighted by atomic mass is 35.5. The number of amides is 1. The molecule has 1 aromatic carbocycles. The van der Waals surface area contributed by atoms with E-state index in [-0.39, 0.29) is 11.2 Å². The second kappa shape index (κ2) is 7.33. The summed E-state index contributed by atoms with van der Waals surface area (Å²) in [6.45, 7) is 4.26. The standard InChI is InChI=1S/C15H16ClN3O3S/c1-10(14(20)19-5-7-21-8-6-19)23-15-18-17-13(22-15)11-3-2-4-12(16)9-11/h2-4,9-10H,5-8H2,1H3/t10-/m1/s1. The lowest BCUT2D eigenvalue weighted by molar-refractivity contribution is -0.134. The molecule has 1 aliphatic heterocycles. The molecule has 0 saturated carbocycles. The van der Waals surface area contributed by atoms with Crippen molar-refractivity contribution in [1.82, 2.24) is 15.1 Å². The molecule has 23 heavy (non-hydrogen) atoms. The zero-order valence-corrected chi connectivity index (χ0v) is 14.1. The predicted octanol–water partition coefficient (Wildman–Crippen LogP) is 2.73. The highest BCUT2D eigenvalue weighted by molar-refractivity contribution is 8.00. The molecular weight excluding hydrogens is 338 g/mol. The average Bonchev–Trinajstić information content (AvgIpc) is 3.03. The van der Waals surface area contributed by atoms with Crippen molar-refractivity contribution in [3.63, 3.8) is 0 Å². The van der Waals surface area contributed by atoms with Crippen LogP contribution >= 0.6 is 23.4 Å². The maximum Gasteiger partial charge on any atom is 0.277 e. The molecule has 0 spiro atoms. The Morgan fingerprint density at radius 1 is 1.35 bits per heavy atom. The topological polar surface area (TPSA) is 68.5 Å². The fourth-order valence-electron chi connectivity index (χ4n) is 2.24. The molecule has 1 saturated heterocycles. The van der Waals surface area contributed by atoms with E-state index in [1.165, 1.54) is 11.8 Å². The van der Waals surface area contributed by atoms with Gasteiger partial charge in [-0.25, -0.2) is 0 Å². The molecule has 0 aliphatic carbocycles. The molecule has 1 aliphatic rings. The number of rotatable bonds is 4. The Morgan fingerprint density at radius 3 is 2.87 bits per heavy atom. The van der Waals surface area contributed by atoms with Crippen molar-refractivity contribution in [2.75, 3.05) is 26.3 Å². The van der Waals surface area contributed by atoms with Crippen molar-refractivity contribution < 1.29 is 13.9 Å². The van der Waals surface area contributed by atoms with Crippen molar-refractivity contribution in [2.45, 2.75) is 17.4 Å². The number of hydrogen-bond donors (Lipinski definition) is 0. The van der Waals surface area contributed by atoms with Gasteiger partial charge in [-0.3, -0.25) is 4.79 Å². The lowest BCUT2D eigenvalue weighted by Gasteiger charge is -2.28. The summed E-state index contributed by atoms with van der Waals surface area (Å²) in [4.78, 5) is 14.2. The van der Waals surface area contributed by atoms with Gasteiger partial charge in [-0.2, -0.15) is 0 Å². The van der Waals surface area contributed by atoms with Gasteiger partial charge in [0.05, 0.1) is 18.5 Å². The number of carbonyl (C=O) groups is 1. The number of ether oxygens (including phenoxy) is 1. The molecule has 1 aromatic heterocycles. The first-order chi connectivity index (χ1) is 11.1. The van der Waals surface area contributed by atoms with Gasteiger partial charge < -0.3 is 14.1 Å². The highest BCUT2D eigenvalue weighted by Gasteiger charge is 2.25. The van der Waals surface area contributed by atoms with Crippen LogP contribution in [0.5, 0.6) is 0 Å². The van der Waals surface area contributed by atoms with Gasteiger partial charge in [0.25, 0.3) is 5.22 Å². The minimum atomic E-state index is -0.291. The molecule has 0 bridgehead atoms. The molecule has 2 aromatic rings. The molecule has 0 radical (unpaired) electrons. The molecule has 0 unspecified atom stereocenters. The van der Waals surface area contributed by atoms with Crippen molar-refractivity contribution in [3.8, 4) is 11.5 Å². The van der Waals surface area contributed by atoms with Gasteiger partial charge in [-0.15, -0.1) is 10.2 Å². The summed E-state index contributed by atoms with van der Waals surface area (Å²) >= 11 is 7.22. The van der Waals surface area contributed by atoms with Crippen molar-refractivity contribution >= 4 is 29.3 Å². The third-order valence-electron chi connectivity index (χ3n) is 3.43. The Morgan fingerprint density at radius 2 is 2.13 bits per heavy atom. The molecule has 1 fully saturated rings. The maximum atomic E-state index is 12.4. The van der Waals surface area contributed by atoms with E-state index in [9.17, 15) is 4.79 Å². The Labute approximate surface area is 143 Å². The van der Waals surface area contributed by atoms with Crippen LogP contribution in [0.1, 0.15) is 6.92 Å². The second-order valence-corrected chi connectivity index (χ2v) is 6.81. The quantitative estimate of drug-likeness (QED) is 0.787. The Balaban J connectivity index is 1.65. The van der Waals surface area contributed by atoms with Crippen LogP contribution in [0.15, 0.2) is 33.9 Å². The molecule has 122 valence electrons. The molecular formula is C15H16ClN3O3S. The van der Waals surface area contributed by atoms with Crippen LogP contribution in [0.25, 0.3) is 11.5 Å². The zero-order chi connectivity index (χ0) is 16.2. The first-order valence-electron chi connectivity index (χ1n) is 7.26. The Kier molecular flexibility index (Phi) is 5.20. The third kappa shape index (κ3) is 4.04. The lowest BCUT2D eigenvalue weighted by atomic mass is 10.2. The molecule has 3 rings (SSSR count). The minimum absolute atomic E-state index is 0.0563. The number of halogens is 1. The first-order valence-corrected chi connectivity index (χ1v) is 8.52. The van der Waals surface area contributed by atoms with Crippen molar-refractivity contribution in [3.05, 3.63) is 29.3 Å². The van der Waals surface area contributed by atoms with E-state index >= 15 is 0 Å². The third-order valence-corrected chi connectivity index (χ3v) is 4.58. The van der Waals surface area contributed by atoms with Crippen LogP contribution in [-0.2, 0) is 9.53 Å². The normalized spacial score (nSPS) is 16.3. The first kappa shape index (κ1) is 16.3. The van der Waals surface area contributed by atoms with Crippen molar-refractivity contribution in [2.24, 2.45) is 0 Å². The summed E-state index contributed by atoms with van der Waals surface area (Å²) in [6, 6.07) is 7.20. The average molecular weight is 354 g/mol. The van der Waals surface area contributed by atoms with E-state index in [1.54, 1.807) is 17.0 Å². The van der Waals surface area contributed by atoms with Crippen LogP contribution < -0.4 is 0 Å². The summed E-state index contributed by atoms with van der Waals surface area (Å²) in [7, 11) is 0. The van der Waals surface area contributed by atoms with E-state index in [1.807, 2.05) is 19.1 Å². The molecule has 6 nitrogen and oxygen atoms in total. The van der Waals surface area contributed by atoms with E-state index in [2.05, 4.69) is 10.2 Å². The second-order valence-electron chi connectivity index (χ2n) is 5.08. The lowest BCUT2D eigenvalue weighted by Crippen LogP contribution is -2.44. The van der Waals surface area contributed by atoms with Gasteiger partial charge in [-0.1, -0.05) is 29.4 Å². The highest BCUT2D eigenvalue weighted by Crippen LogP contribution is 2.28.